The van der Waals surface area contributed by atoms with Crippen molar-refractivity contribution in [2.75, 3.05) is 6.61 Å². The van der Waals surface area contributed by atoms with Gasteiger partial charge >= 0.3 is 5.97 Å². The van der Waals surface area contributed by atoms with Gasteiger partial charge in [0.15, 0.2) is 0 Å². The summed E-state index contributed by atoms with van der Waals surface area (Å²) in [6.07, 6.45) is 0. The molecule has 0 aromatic heterocycles. The minimum absolute atomic E-state index is 0.0812. The minimum atomic E-state index is -1.09. The molecule has 0 amide bonds. The maximum Gasteiger partial charge on any atom is 0.344 e. The van der Waals surface area contributed by atoms with E-state index in [2.05, 4.69) is 9.99 Å². The molecule has 80 valence electrons. The van der Waals surface area contributed by atoms with E-state index in [1.165, 1.54) is 6.07 Å². The number of rotatable bonds is 4. The van der Waals surface area contributed by atoms with Gasteiger partial charge in [0.25, 0.3) is 0 Å². The summed E-state index contributed by atoms with van der Waals surface area (Å²) in [7, 11) is 0. The standard InChI is InChI=1S/C10H11NO4/c1-7(11-15-6-10(13)14)8-4-2-3-5-9(8)12/h2-5,12H,6H2,1H3,(H,13,14)/b11-7+. The number of aromatic hydroxyl groups is 1. The topological polar surface area (TPSA) is 79.1 Å². The molecule has 0 aliphatic carbocycles. The monoisotopic (exact) mass is 209 g/mol. The van der Waals surface area contributed by atoms with Crippen LogP contribution < -0.4 is 0 Å². The molecule has 0 atom stereocenters. The molecule has 15 heavy (non-hydrogen) atoms. The van der Waals surface area contributed by atoms with Gasteiger partial charge < -0.3 is 15.1 Å². The maximum absolute atomic E-state index is 10.1. The molecule has 0 unspecified atom stereocenters. The summed E-state index contributed by atoms with van der Waals surface area (Å²) in [5.74, 6) is -1.01. The van der Waals surface area contributed by atoms with Gasteiger partial charge in [-0.15, -0.1) is 0 Å². The second-order valence-electron chi connectivity index (χ2n) is 2.86. The van der Waals surface area contributed by atoms with E-state index in [4.69, 9.17) is 5.11 Å². The quantitative estimate of drug-likeness (QED) is 0.577. The predicted molar refractivity (Wildman–Crippen MR) is 53.9 cm³/mol. The van der Waals surface area contributed by atoms with E-state index in [9.17, 15) is 9.90 Å². The van der Waals surface area contributed by atoms with Gasteiger partial charge in [-0.2, -0.15) is 0 Å². The van der Waals surface area contributed by atoms with Gasteiger partial charge in [-0.05, 0) is 19.1 Å². The molecule has 0 aliphatic heterocycles. The lowest BCUT2D eigenvalue weighted by atomic mass is 10.1. The molecule has 5 heteroatoms. The molecule has 0 heterocycles. The average molecular weight is 209 g/mol. The van der Waals surface area contributed by atoms with Crippen molar-refractivity contribution >= 4 is 11.7 Å². The van der Waals surface area contributed by atoms with Crippen LogP contribution in [-0.4, -0.2) is 28.5 Å². The highest BCUT2D eigenvalue weighted by Gasteiger charge is 2.03. The zero-order valence-corrected chi connectivity index (χ0v) is 8.17. The molecule has 0 fully saturated rings. The van der Waals surface area contributed by atoms with Crippen LogP contribution in [0.1, 0.15) is 12.5 Å². The summed E-state index contributed by atoms with van der Waals surface area (Å²) in [6.45, 7) is 1.13. The fourth-order valence-electron chi connectivity index (χ4n) is 1.01. The number of para-hydroxylation sites is 1. The molecular weight excluding hydrogens is 198 g/mol. The fourth-order valence-corrected chi connectivity index (χ4v) is 1.01. The zero-order chi connectivity index (χ0) is 11.3. The summed E-state index contributed by atoms with van der Waals surface area (Å²) >= 11 is 0. The van der Waals surface area contributed by atoms with Crippen molar-refractivity contribution < 1.29 is 19.8 Å². The average Bonchev–Trinajstić information content (AvgIpc) is 2.17. The number of carboxylic acids is 1. The number of oxime groups is 1. The molecule has 0 spiro atoms. The Morgan fingerprint density at radius 2 is 2.13 bits per heavy atom. The van der Waals surface area contributed by atoms with Crippen LogP contribution in [0.3, 0.4) is 0 Å². The van der Waals surface area contributed by atoms with Crippen molar-refractivity contribution in [2.45, 2.75) is 6.92 Å². The predicted octanol–water partition coefficient (Wildman–Crippen LogP) is 1.22. The van der Waals surface area contributed by atoms with E-state index < -0.39 is 12.6 Å². The Bertz CT molecular complexity index is 387. The van der Waals surface area contributed by atoms with Gasteiger partial charge in [-0.3, -0.25) is 0 Å². The number of benzene rings is 1. The van der Waals surface area contributed by atoms with Crippen molar-refractivity contribution in [1.29, 1.82) is 0 Å². The van der Waals surface area contributed by atoms with Crippen LogP contribution in [0.15, 0.2) is 29.4 Å². The largest absolute Gasteiger partial charge is 0.507 e. The Morgan fingerprint density at radius 3 is 2.73 bits per heavy atom. The Balaban J connectivity index is 2.72. The molecule has 1 aromatic carbocycles. The highest BCUT2D eigenvalue weighted by molar-refractivity contribution is 6.00. The molecule has 0 saturated carbocycles. The van der Waals surface area contributed by atoms with Gasteiger partial charge in [0.05, 0.1) is 5.71 Å². The molecule has 5 nitrogen and oxygen atoms in total. The lowest BCUT2D eigenvalue weighted by Crippen LogP contribution is -2.05. The molecule has 1 aromatic rings. The lowest BCUT2D eigenvalue weighted by molar-refractivity contribution is -0.142. The first-order valence-electron chi connectivity index (χ1n) is 4.28. The second kappa shape index (κ2) is 4.99. The Hall–Kier alpha value is -2.04. The smallest absolute Gasteiger partial charge is 0.344 e. The SMILES string of the molecule is C/C(=N\OCC(=O)O)c1ccccc1O. The highest BCUT2D eigenvalue weighted by Crippen LogP contribution is 2.16. The first-order valence-corrected chi connectivity index (χ1v) is 4.28. The molecule has 2 N–H and O–H groups in total. The summed E-state index contributed by atoms with van der Waals surface area (Å²) in [5, 5.41) is 21.3. The summed E-state index contributed by atoms with van der Waals surface area (Å²) in [6, 6.07) is 6.61. The number of carbonyl (C=O) groups is 1. The normalized spacial score (nSPS) is 11.1. The van der Waals surface area contributed by atoms with Crippen molar-refractivity contribution in [1.82, 2.24) is 0 Å². The van der Waals surface area contributed by atoms with E-state index in [1.807, 2.05) is 0 Å². The third kappa shape index (κ3) is 3.30. The van der Waals surface area contributed by atoms with Crippen LogP contribution in [0.25, 0.3) is 0 Å². The van der Waals surface area contributed by atoms with E-state index >= 15 is 0 Å². The third-order valence-electron chi connectivity index (χ3n) is 1.68. The van der Waals surface area contributed by atoms with Crippen molar-refractivity contribution in [3.8, 4) is 5.75 Å². The van der Waals surface area contributed by atoms with Crippen LogP contribution in [0.2, 0.25) is 0 Å². The molecule has 0 radical (unpaired) electrons. The summed E-state index contributed by atoms with van der Waals surface area (Å²) < 4.78 is 0. The van der Waals surface area contributed by atoms with Gasteiger partial charge in [-0.1, -0.05) is 17.3 Å². The van der Waals surface area contributed by atoms with Gasteiger partial charge in [0.1, 0.15) is 5.75 Å². The van der Waals surface area contributed by atoms with Crippen molar-refractivity contribution in [2.24, 2.45) is 5.16 Å². The van der Waals surface area contributed by atoms with E-state index in [1.54, 1.807) is 25.1 Å². The molecular formula is C10H11NO4. The van der Waals surface area contributed by atoms with Crippen molar-refractivity contribution in [3.05, 3.63) is 29.8 Å². The van der Waals surface area contributed by atoms with E-state index in [-0.39, 0.29) is 5.75 Å². The molecule has 1 rings (SSSR count). The third-order valence-corrected chi connectivity index (χ3v) is 1.68. The molecule has 0 saturated heterocycles. The Labute approximate surface area is 86.6 Å². The van der Waals surface area contributed by atoms with Gasteiger partial charge in [0, 0.05) is 5.56 Å². The Morgan fingerprint density at radius 1 is 1.47 bits per heavy atom. The summed E-state index contributed by atoms with van der Waals surface area (Å²) in [5.41, 5.74) is 0.942. The van der Waals surface area contributed by atoms with Crippen LogP contribution in [-0.2, 0) is 9.63 Å². The fraction of sp³-hybridized carbons (Fsp3) is 0.200. The number of hydrogen-bond acceptors (Lipinski definition) is 4. The Kier molecular flexibility index (Phi) is 3.68. The summed E-state index contributed by atoms with van der Waals surface area (Å²) in [4.78, 5) is 14.7. The van der Waals surface area contributed by atoms with Gasteiger partial charge in [-0.25, -0.2) is 4.79 Å². The highest BCUT2D eigenvalue weighted by atomic mass is 16.6. The number of phenols is 1. The van der Waals surface area contributed by atoms with Crippen LogP contribution in [0, 0.1) is 0 Å². The zero-order valence-electron chi connectivity index (χ0n) is 8.17. The number of hydrogen-bond donors (Lipinski definition) is 2. The van der Waals surface area contributed by atoms with Crippen LogP contribution >= 0.6 is 0 Å². The van der Waals surface area contributed by atoms with Crippen LogP contribution in [0.5, 0.6) is 5.75 Å². The number of carboxylic acid groups (broad SMARTS) is 1. The first-order chi connectivity index (χ1) is 7.11. The maximum atomic E-state index is 10.1. The second-order valence-corrected chi connectivity index (χ2v) is 2.86. The van der Waals surface area contributed by atoms with E-state index in [0.717, 1.165) is 0 Å². The lowest BCUT2D eigenvalue weighted by Gasteiger charge is -2.02. The first kappa shape index (κ1) is 11.0. The molecule has 0 aliphatic rings. The number of aliphatic carboxylic acids is 1. The van der Waals surface area contributed by atoms with Crippen LogP contribution in [0.4, 0.5) is 0 Å². The minimum Gasteiger partial charge on any atom is -0.507 e. The van der Waals surface area contributed by atoms with Gasteiger partial charge in [0.2, 0.25) is 6.61 Å². The van der Waals surface area contributed by atoms with Crippen molar-refractivity contribution in [3.63, 3.8) is 0 Å². The number of phenolic OH excluding ortho intramolecular Hbond substituents is 1. The molecule has 0 bridgehead atoms. The van der Waals surface area contributed by atoms with E-state index in [0.29, 0.717) is 11.3 Å². The number of nitrogens with zero attached hydrogens (tertiary/aromatic N) is 1.